The maximum Gasteiger partial charge on any atom is 0.236 e. The van der Waals surface area contributed by atoms with Crippen LogP contribution in [0.2, 0.25) is 0 Å². The summed E-state index contributed by atoms with van der Waals surface area (Å²) >= 11 is 0. The molecule has 4 heteroatoms. The lowest BCUT2D eigenvalue weighted by Crippen LogP contribution is -2.36. The molecule has 1 atom stereocenters. The minimum absolute atomic E-state index is 0.384. The summed E-state index contributed by atoms with van der Waals surface area (Å²) in [7, 11) is 3.88. The van der Waals surface area contributed by atoms with E-state index in [2.05, 4.69) is 6.07 Å². The molecule has 2 rings (SSSR count). The van der Waals surface area contributed by atoms with E-state index >= 15 is 0 Å². The molecule has 0 aliphatic rings. The minimum atomic E-state index is -1.47. The molecule has 4 nitrogen and oxygen atoms in total. The van der Waals surface area contributed by atoms with Gasteiger partial charge >= 0.3 is 0 Å². The molecule has 0 spiro atoms. The van der Waals surface area contributed by atoms with Crippen LogP contribution in [0.15, 0.2) is 54.6 Å². The monoisotopic (exact) mass is 296 g/mol. The van der Waals surface area contributed by atoms with Crippen LogP contribution in [-0.2, 0) is 5.79 Å². The first-order valence-corrected chi connectivity index (χ1v) is 7.16. The highest BCUT2D eigenvalue weighted by molar-refractivity contribution is 5.43. The largest absolute Gasteiger partial charge is 0.457 e. The standard InChI is InChI=1S/C18H20N2O2/c1-20(2)13-12-18(21,16-9-4-3-5-10-16)22-17-11-7-6-8-15(17)14-19/h3-11,21H,12-13H2,1-2H3. The van der Waals surface area contributed by atoms with E-state index in [0.717, 1.165) is 0 Å². The van der Waals surface area contributed by atoms with Gasteiger partial charge in [-0.2, -0.15) is 5.26 Å². The van der Waals surface area contributed by atoms with Crippen molar-refractivity contribution in [2.75, 3.05) is 20.6 Å². The molecule has 22 heavy (non-hydrogen) atoms. The van der Waals surface area contributed by atoms with Gasteiger partial charge in [0, 0.05) is 18.5 Å². The molecule has 0 radical (unpaired) electrons. The van der Waals surface area contributed by atoms with Crippen LogP contribution in [0.25, 0.3) is 0 Å². The Morgan fingerprint density at radius 2 is 1.73 bits per heavy atom. The summed E-state index contributed by atoms with van der Waals surface area (Å²) in [6, 6.07) is 18.3. The Bertz CT molecular complexity index is 650. The van der Waals surface area contributed by atoms with Gasteiger partial charge in [-0.05, 0) is 26.2 Å². The number of rotatable bonds is 6. The maximum absolute atomic E-state index is 11.0. The van der Waals surface area contributed by atoms with Crippen LogP contribution in [0.3, 0.4) is 0 Å². The van der Waals surface area contributed by atoms with E-state index in [1.54, 1.807) is 24.3 Å². The van der Waals surface area contributed by atoms with E-state index in [-0.39, 0.29) is 0 Å². The molecule has 0 saturated heterocycles. The Kier molecular flexibility index (Phi) is 5.16. The van der Waals surface area contributed by atoms with Gasteiger partial charge in [0.2, 0.25) is 5.79 Å². The molecule has 0 bridgehead atoms. The Labute approximate surface area is 131 Å². The van der Waals surface area contributed by atoms with Crippen molar-refractivity contribution in [2.24, 2.45) is 0 Å². The second kappa shape index (κ2) is 7.08. The normalized spacial score (nSPS) is 13.4. The van der Waals surface area contributed by atoms with Crippen molar-refractivity contribution in [3.05, 3.63) is 65.7 Å². The van der Waals surface area contributed by atoms with Gasteiger partial charge in [-0.25, -0.2) is 0 Å². The van der Waals surface area contributed by atoms with Crippen molar-refractivity contribution < 1.29 is 9.84 Å². The zero-order valence-electron chi connectivity index (χ0n) is 12.9. The van der Waals surface area contributed by atoms with Gasteiger partial charge in [-0.3, -0.25) is 0 Å². The molecule has 0 aliphatic heterocycles. The summed E-state index contributed by atoms with van der Waals surface area (Å²) in [5, 5.41) is 20.2. The molecule has 2 aromatic carbocycles. The number of benzene rings is 2. The molecule has 0 amide bonds. The highest BCUT2D eigenvalue weighted by atomic mass is 16.6. The van der Waals surface area contributed by atoms with Gasteiger partial charge in [0.05, 0.1) is 5.56 Å². The van der Waals surface area contributed by atoms with Crippen molar-refractivity contribution in [1.82, 2.24) is 4.90 Å². The number of para-hydroxylation sites is 1. The van der Waals surface area contributed by atoms with Gasteiger partial charge in [0.15, 0.2) is 0 Å². The van der Waals surface area contributed by atoms with E-state index in [1.807, 2.05) is 49.3 Å². The van der Waals surface area contributed by atoms with E-state index in [1.165, 1.54) is 0 Å². The molecular weight excluding hydrogens is 276 g/mol. The summed E-state index contributed by atoms with van der Waals surface area (Å²) in [5.41, 5.74) is 1.08. The predicted octanol–water partition coefficient (Wildman–Crippen LogP) is 2.73. The molecule has 0 aromatic heterocycles. The third-order valence-corrected chi connectivity index (χ3v) is 3.41. The quantitative estimate of drug-likeness (QED) is 0.833. The smallest absolute Gasteiger partial charge is 0.236 e. The van der Waals surface area contributed by atoms with Crippen molar-refractivity contribution in [3.8, 4) is 11.8 Å². The zero-order chi connectivity index (χ0) is 16.0. The van der Waals surface area contributed by atoms with Crippen molar-refractivity contribution >= 4 is 0 Å². The second-order valence-corrected chi connectivity index (χ2v) is 5.41. The molecule has 0 fully saturated rings. The highest BCUT2D eigenvalue weighted by Crippen LogP contribution is 2.31. The number of hydrogen-bond donors (Lipinski definition) is 1. The van der Waals surface area contributed by atoms with Crippen LogP contribution in [0.1, 0.15) is 17.5 Å². The zero-order valence-corrected chi connectivity index (χ0v) is 12.9. The van der Waals surface area contributed by atoms with Crippen LogP contribution < -0.4 is 4.74 Å². The van der Waals surface area contributed by atoms with Crippen LogP contribution in [0.4, 0.5) is 0 Å². The Hall–Kier alpha value is -2.35. The lowest BCUT2D eigenvalue weighted by atomic mass is 10.0. The Balaban J connectivity index is 2.35. The molecule has 114 valence electrons. The summed E-state index contributed by atoms with van der Waals surface area (Å²) in [6.07, 6.45) is 0.393. The highest BCUT2D eigenvalue weighted by Gasteiger charge is 2.32. The van der Waals surface area contributed by atoms with Gasteiger partial charge < -0.3 is 14.7 Å². The first-order valence-electron chi connectivity index (χ1n) is 7.16. The molecular formula is C18H20N2O2. The Morgan fingerprint density at radius 3 is 2.36 bits per heavy atom. The van der Waals surface area contributed by atoms with Gasteiger partial charge in [0.1, 0.15) is 11.8 Å². The van der Waals surface area contributed by atoms with Gasteiger partial charge in [0.25, 0.3) is 0 Å². The SMILES string of the molecule is CN(C)CCC(O)(Oc1ccccc1C#N)c1ccccc1. The topological polar surface area (TPSA) is 56.5 Å². The average molecular weight is 296 g/mol. The van der Waals surface area contributed by atoms with Crippen molar-refractivity contribution in [2.45, 2.75) is 12.2 Å². The third-order valence-electron chi connectivity index (χ3n) is 3.41. The lowest BCUT2D eigenvalue weighted by Gasteiger charge is -2.31. The van der Waals surface area contributed by atoms with E-state index < -0.39 is 5.79 Å². The first kappa shape index (κ1) is 16.0. The van der Waals surface area contributed by atoms with Gasteiger partial charge in [-0.15, -0.1) is 0 Å². The van der Waals surface area contributed by atoms with Crippen LogP contribution in [-0.4, -0.2) is 30.6 Å². The predicted molar refractivity (Wildman–Crippen MR) is 85.3 cm³/mol. The molecule has 1 unspecified atom stereocenters. The van der Waals surface area contributed by atoms with E-state index in [9.17, 15) is 10.4 Å². The summed E-state index contributed by atoms with van der Waals surface area (Å²) in [6.45, 7) is 0.653. The second-order valence-electron chi connectivity index (χ2n) is 5.41. The fraction of sp³-hybridized carbons (Fsp3) is 0.278. The molecule has 0 heterocycles. The number of nitrogens with zero attached hydrogens (tertiary/aromatic N) is 2. The Morgan fingerprint density at radius 1 is 1.09 bits per heavy atom. The van der Waals surface area contributed by atoms with Gasteiger partial charge in [-0.1, -0.05) is 42.5 Å². The van der Waals surface area contributed by atoms with Crippen molar-refractivity contribution in [3.63, 3.8) is 0 Å². The van der Waals surface area contributed by atoms with Crippen molar-refractivity contribution in [1.29, 1.82) is 5.26 Å². The number of ether oxygens (including phenoxy) is 1. The number of aliphatic hydroxyl groups is 1. The summed E-state index contributed by atoms with van der Waals surface area (Å²) in [5.74, 6) is -1.09. The van der Waals surface area contributed by atoms with Crippen LogP contribution in [0.5, 0.6) is 5.75 Å². The van der Waals surface area contributed by atoms with Crippen LogP contribution in [0, 0.1) is 11.3 Å². The minimum Gasteiger partial charge on any atom is -0.457 e. The number of hydrogen-bond acceptors (Lipinski definition) is 4. The molecule has 0 aliphatic carbocycles. The van der Waals surface area contributed by atoms with E-state index in [0.29, 0.717) is 29.8 Å². The average Bonchev–Trinajstić information content (AvgIpc) is 2.54. The fourth-order valence-electron chi connectivity index (χ4n) is 2.16. The molecule has 0 saturated carbocycles. The molecule has 2 aromatic rings. The first-order chi connectivity index (χ1) is 10.5. The van der Waals surface area contributed by atoms with E-state index in [4.69, 9.17) is 4.74 Å². The summed E-state index contributed by atoms with van der Waals surface area (Å²) < 4.78 is 5.87. The maximum atomic E-state index is 11.0. The number of nitriles is 1. The lowest BCUT2D eigenvalue weighted by molar-refractivity contribution is -0.153. The molecule has 1 N–H and O–H groups in total. The summed E-state index contributed by atoms with van der Waals surface area (Å²) in [4.78, 5) is 1.98. The fourth-order valence-corrected chi connectivity index (χ4v) is 2.16. The third kappa shape index (κ3) is 3.85. The van der Waals surface area contributed by atoms with Crippen LogP contribution >= 0.6 is 0 Å².